The molecular weight excluding hydrogens is 609 g/mol. The molecule has 0 heterocycles. The molecule has 9 nitrogen and oxygen atoms in total. The van der Waals surface area contributed by atoms with E-state index in [0.717, 1.165) is 21.2 Å². The van der Waals surface area contributed by atoms with Crippen LogP contribution in [0.3, 0.4) is 0 Å². The number of nitrogens with two attached hydrogens (primary N) is 1. The Balaban J connectivity index is 1.30. The van der Waals surface area contributed by atoms with Crippen LogP contribution in [0.5, 0.6) is 0 Å². The summed E-state index contributed by atoms with van der Waals surface area (Å²) in [6, 6.07) is 34.7. The van der Waals surface area contributed by atoms with Crippen molar-refractivity contribution in [2.45, 2.75) is 9.79 Å². The smallest absolute Gasteiger partial charge is 0.272 e. The summed E-state index contributed by atoms with van der Waals surface area (Å²) in [6.07, 6.45) is 1.65. The highest BCUT2D eigenvalue weighted by atomic mass is 32.2. The molecule has 0 radical (unpaired) electrons. The minimum absolute atomic E-state index is 0.0523. The number of benzene rings is 5. The van der Waals surface area contributed by atoms with Gasteiger partial charge in [-0.05, 0) is 77.0 Å². The summed E-state index contributed by atoms with van der Waals surface area (Å²) in [5.41, 5.74) is 2.14. The maximum absolute atomic E-state index is 13.6. The molecule has 0 fully saturated rings. The van der Waals surface area contributed by atoms with E-state index >= 15 is 0 Å². The molecule has 5 aromatic carbocycles. The number of hydrogen-bond acceptors (Lipinski definition) is 6. The molecule has 0 aliphatic heterocycles. The van der Waals surface area contributed by atoms with Crippen LogP contribution in [0, 0.1) is 0 Å². The predicted octanol–water partition coefficient (Wildman–Crippen LogP) is 5.63. The first-order chi connectivity index (χ1) is 21.7. The summed E-state index contributed by atoms with van der Waals surface area (Å²) in [7, 11) is -3.83. The van der Waals surface area contributed by atoms with Gasteiger partial charge in [0.25, 0.3) is 11.8 Å². The molecule has 45 heavy (non-hydrogen) atoms. The minimum atomic E-state index is -3.83. The number of fused-ring (bicyclic) bond motifs is 1. The van der Waals surface area contributed by atoms with Crippen LogP contribution >= 0.6 is 11.8 Å². The van der Waals surface area contributed by atoms with Gasteiger partial charge in [0.05, 0.1) is 10.6 Å². The molecule has 0 atom stereocenters. The summed E-state index contributed by atoms with van der Waals surface area (Å²) >= 11 is 1.25. The molecule has 0 spiro atoms. The number of hydrogen-bond donors (Lipinski definition) is 4. The van der Waals surface area contributed by atoms with Crippen LogP contribution in [0.4, 0.5) is 11.4 Å². The summed E-state index contributed by atoms with van der Waals surface area (Å²) in [6.45, 7) is 0. The fourth-order valence-electron chi connectivity index (χ4n) is 4.41. The third kappa shape index (κ3) is 8.45. The Morgan fingerprint density at radius 3 is 2.18 bits per heavy atom. The van der Waals surface area contributed by atoms with Gasteiger partial charge in [0.15, 0.2) is 0 Å². The molecule has 5 N–H and O–H groups in total. The standard InChI is InChI=1S/C34H28N4O5S2/c35-45(42,43)29-18-16-26(17-19-29)36-32(39)22-44-28-14-7-13-27(21-28)37-34(41)31(38-33(40)24-9-2-1-3-10-24)20-25-12-6-11-23-8-4-5-15-30(23)25/h1-21H,22H2,(H,36,39)(H,37,41)(H,38,40)(H2,35,42,43)/b31-20+. The van der Waals surface area contributed by atoms with E-state index in [1.807, 2.05) is 42.5 Å². The minimum Gasteiger partial charge on any atom is -0.325 e. The lowest BCUT2D eigenvalue weighted by Gasteiger charge is -2.13. The lowest BCUT2D eigenvalue weighted by Crippen LogP contribution is -2.30. The molecular formula is C34H28N4O5S2. The monoisotopic (exact) mass is 636 g/mol. The number of primary sulfonamides is 1. The Bertz CT molecular complexity index is 2010. The lowest BCUT2D eigenvalue weighted by atomic mass is 10.0. The summed E-state index contributed by atoms with van der Waals surface area (Å²) in [4.78, 5) is 39.8. The van der Waals surface area contributed by atoms with Crippen molar-refractivity contribution in [3.63, 3.8) is 0 Å². The molecule has 3 amide bonds. The van der Waals surface area contributed by atoms with Crippen molar-refractivity contribution in [2.24, 2.45) is 5.14 Å². The van der Waals surface area contributed by atoms with Crippen molar-refractivity contribution in [1.82, 2.24) is 5.32 Å². The van der Waals surface area contributed by atoms with Crippen LogP contribution in [-0.2, 0) is 19.6 Å². The summed E-state index contributed by atoms with van der Waals surface area (Å²) < 4.78 is 22.9. The molecule has 11 heteroatoms. The zero-order valence-electron chi connectivity index (χ0n) is 23.8. The number of amides is 3. The first-order valence-electron chi connectivity index (χ1n) is 13.7. The topological polar surface area (TPSA) is 147 Å². The molecule has 5 aromatic rings. The van der Waals surface area contributed by atoms with E-state index in [-0.39, 0.29) is 22.3 Å². The largest absolute Gasteiger partial charge is 0.325 e. The van der Waals surface area contributed by atoms with Crippen molar-refractivity contribution < 1.29 is 22.8 Å². The quantitative estimate of drug-likeness (QED) is 0.115. The Morgan fingerprint density at radius 2 is 1.42 bits per heavy atom. The average molecular weight is 637 g/mol. The van der Waals surface area contributed by atoms with Gasteiger partial charge < -0.3 is 16.0 Å². The van der Waals surface area contributed by atoms with Crippen LogP contribution in [-0.4, -0.2) is 31.9 Å². The Kier molecular flexibility index (Phi) is 9.73. The highest BCUT2D eigenvalue weighted by molar-refractivity contribution is 8.00. The number of rotatable bonds is 10. The zero-order chi connectivity index (χ0) is 31.8. The highest BCUT2D eigenvalue weighted by Gasteiger charge is 2.16. The van der Waals surface area contributed by atoms with Crippen LogP contribution in [0.1, 0.15) is 15.9 Å². The Labute approximate surface area is 264 Å². The van der Waals surface area contributed by atoms with Crippen molar-refractivity contribution in [2.75, 3.05) is 16.4 Å². The van der Waals surface area contributed by atoms with Crippen molar-refractivity contribution >= 4 is 67.7 Å². The van der Waals surface area contributed by atoms with Gasteiger partial charge in [-0.2, -0.15) is 0 Å². The maximum Gasteiger partial charge on any atom is 0.272 e. The molecule has 0 saturated heterocycles. The van der Waals surface area contributed by atoms with Crippen molar-refractivity contribution in [1.29, 1.82) is 0 Å². The Morgan fingerprint density at radius 1 is 0.733 bits per heavy atom. The zero-order valence-corrected chi connectivity index (χ0v) is 25.4. The van der Waals surface area contributed by atoms with E-state index in [1.54, 1.807) is 60.7 Å². The van der Waals surface area contributed by atoms with E-state index in [9.17, 15) is 22.8 Å². The van der Waals surface area contributed by atoms with Gasteiger partial charge in [-0.1, -0.05) is 66.7 Å². The molecule has 0 unspecified atom stereocenters. The third-order valence-corrected chi connectivity index (χ3v) is 8.50. The van der Waals surface area contributed by atoms with E-state index in [0.29, 0.717) is 16.9 Å². The number of nitrogens with one attached hydrogen (secondary N) is 3. The maximum atomic E-state index is 13.6. The predicted molar refractivity (Wildman–Crippen MR) is 178 cm³/mol. The Hall–Kier alpha value is -5.23. The SMILES string of the molecule is NS(=O)(=O)c1ccc(NC(=O)CSc2cccc(NC(=O)/C(=C\c3cccc4ccccc34)NC(=O)c3ccccc3)c2)cc1. The van der Waals surface area contributed by atoms with Gasteiger partial charge in [-0.3, -0.25) is 14.4 Å². The molecule has 0 saturated carbocycles. The van der Waals surface area contributed by atoms with Gasteiger partial charge >= 0.3 is 0 Å². The second-order valence-corrected chi connectivity index (χ2v) is 12.4. The second kappa shape index (κ2) is 14.0. The van der Waals surface area contributed by atoms with Crippen molar-refractivity contribution in [3.8, 4) is 0 Å². The fourth-order valence-corrected chi connectivity index (χ4v) is 5.68. The molecule has 5 rings (SSSR count). The molecule has 0 aliphatic rings. The van der Waals surface area contributed by atoms with Crippen LogP contribution in [0.25, 0.3) is 16.8 Å². The normalized spacial score (nSPS) is 11.5. The number of carbonyl (C=O) groups excluding carboxylic acids is 3. The lowest BCUT2D eigenvalue weighted by molar-refractivity contribution is -0.114. The summed E-state index contributed by atoms with van der Waals surface area (Å²) in [5.74, 6) is -1.18. The van der Waals surface area contributed by atoms with Gasteiger partial charge in [0.2, 0.25) is 15.9 Å². The molecule has 226 valence electrons. The number of thioether (sulfide) groups is 1. The number of carbonyl (C=O) groups is 3. The van der Waals surface area contributed by atoms with Gasteiger partial charge in [-0.15, -0.1) is 11.8 Å². The van der Waals surface area contributed by atoms with E-state index in [1.165, 1.54) is 36.0 Å². The molecule has 0 bridgehead atoms. The molecule has 0 aliphatic carbocycles. The second-order valence-electron chi connectivity index (χ2n) is 9.83. The number of anilines is 2. The van der Waals surface area contributed by atoms with Crippen molar-refractivity contribution in [3.05, 3.63) is 138 Å². The number of sulfonamides is 1. The average Bonchev–Trinajstić information content (AvgIpc) is 3.04. The van der Waals surface area contributed by atoms with Crippen LogP contribution in [0.2, 0.25) is 0 Å². The van der Waals surface area contributed by atoms with Crippen LogP contribution in [0.15, 0.2) is 137 Å². The molecule has 0 aromatic heterocycles. The van der Waals surface area contributed by atoms with E-state index in [4.69, 9.17) is 5.14 Å². The fraction of sp³-hybridized carbons (Fsp3) is 0.0294. The van der Waals surface area contributed by atoms with E-state index < -0.39 is 21.8 Å². The van der Waals surface area contributed by atoms with Crippen LogP contribution < -0.4 is 21.1 Å². The highest BCUT2D eigenvalue weighted by Crippen LogP contribution is 2.24. The van der Waals surface area contributed by atoms with Gasteiger partial charge in [0.1, 0.15) is 5.70 Å². The summed E-state index contributed by atoms with van der Waals surface area (Å²) in [5, 5.41) is 15.4. The van der Waals surface area contributed by atoms with E-state index in [2.05, 4.69) is 16.0 Å². The third-order valence-electron chi connectivity index (χ3n) is 6.58. The first kappa shape index (κ1) is 31.2. The van der Waals surface area contributed by atoms with Gasteiger partial charge in [0, 0.05) is 21.8 Å². The first-order valence-corrected chi connectivity index (χ1v) is 16.2. The van der Waals surface area contributed by atoms with Gasteiger partial charge in [-0.25, -0.2) is 13.6 Å².